The van der Waals surface area contributed by atoms with Gasteiger partial charge in [-0.2, -0.15) is 0 Å². The van der Waals surface area contributed by atoms with Crippen LogP contribution < -0.4 is 16.6 Å². The zero-order valence-corrected chi connectivity index (χ0v) is 21.8. The Morgan fingerprint density at radius 2 is 1.83 bits per heavy atom. The topological polar surface area (TPSA) is 82.3 Å². The highest BCUT2D eigenvalue weighted by atomic mass is 15.2. The molecule has 1 fully saturated rings. The molecular formula is C29H37N7. The van der Waals surface area contributed by atoms with Gasteiger partial charge >= 0.3 is 0 Å². The fraction of sp³-hybridized carbons (Fsp3) is 0.379. The molecule has 3 aromatic rings. The van der Waals surface area contributed by atoms with Gasteiger partial charge in [0.1, 0.15) is 0 Å². The molecule has 7 heteroatoms. The highest BCUT2D eigenvalue weighted by Gasteiger charge is 2.34. The van der Waals surface area contributed by atoms with Gasteiger partial charge in [0.05, 0.1) is 5.69 Å². The second kappa shape index (κ2) is 9.91. The molecule has 5 rings (SSSR count). The predicted octanol–water partition coefficient (Wildman–Crippen LogP) is 5.27. The summed E-state index contributed by atoms with van der Waals surface area (Å²) in [6.07, 6.45) is 4.21. The Hall–Kier alpha value is -3.42. The SMILES string of the molecule is C=C(c1ccc(NN)cc1C)N1CC[C@@H](N2Cc3cnc(Nc4cc(C)cc(C)c4)nc3C2)C[C@H]1C. The number of nitrogen functional groups attached to an aromatic ring is 1. The van der Waals surface area contributed by atoms with Crippen molar-refractivity contribution < 1.29 is 0 Å². The quantitative estimate of drug-likeness (QED) is 0.325. The average molecular weight is 484 g/mol. The van der Waals surface area contributed by atoms with Gasteiger partial charge in [0.2, 0.25) is 5.95 Å². The van der Waals surface area contributed by atoms with Crippen LogP contribution in [-0.4, -0.2) is 38.4 Å². The molecule has 0 amide bonds. The standard InChI is InChI=1S/C29H37N7/c1-18-10-19(2)12-25(11-18)32-29-31-15-23-16-35(17-28(23)33-29)26-8-9-36(21(4)14-26)22(5)27-7-6-24(34-30)13-20(27)3/h6-7,10-13,15,21,26,34H,5,8-9,14,16-17,30H2,1-4H3,(H,31,32,33)/t21-,26-/m1/s1. The van der Waals surface area contributed by atoms with Crippen molar-refractivity contribution in [2.75, 3.05) is 17.3 Å². The summed E-state index contributed by atoms with van der Waals surface area (Å²) < 4.78 is 0. The summed E-state index contributed by atoms with van der Waals surface area (Å²) in [7, 11) is 0. The maximum absolute atomic E-state index is 5.57. The molecule has 0 bridgehead atoms. The average Bonchev–Trinajstić information content (AvgIpc) is 3.26. The first-order valence-electron chi connectivity index (χ1n) is 12.8. The van der Waals surface area contributed by atoms with Crippen molar-refractivity contribution in [3.8, 4) is 0 Å². The number of aromatic nitrogens is 2. The van der Waals surface area contributed by atoms with Crippen molar-refractivity contribution in [2.45, 2.75) is 65.7 Å². The first-order chi connectivity index (χ1) is 17.3. The molecule has 0 spiro atoms. The number of piperidine rings is 1. The molecule has 2 aliphatic rings. The Balaban J connectivity index is 1.22. The van der Waals surface area contributed by atoms with Crippen molar-refractivity contribution in [2.24, 2.45) is 5.84 Å². The Kier molecular flexibility index (Phi) is 6.69. The number of benzene rings is 2. The van der Waals surface area contributed by atoms with Crippen LogP contribution in [0.5, 0.6) is 0 Å². The number of hydrazine groups is 1. The predicted molar refractivity (Wildman–Crippen MR) is 148 cm³/mol. The van der Waals surface area contributed by atoms with Gasteiger partial charge in [0, 0.05) is 66.1 Å². The lowest BCUT2D eigenvalue weighted by molar-refractivity contribution is 0.102. The fourth-order valence-electron chi connectivity index (χ4n) is 5.78. The number of hydrogen-bond donors (Lipinski definition) is 3. The second-order valence-electron chi connectivity index (χ2n) is 10.4. The first kappa shape index (κ1) is 24.3. The van der Waals surface area contributed by atoms with Gasteiger partial charge in [0.25, 0.3) is 0 Å². The van der Waals surface area contributed by atoms with Crippen LogP contribution in [0.25, 0.3) is 5.70 Å². The third-order valence-corrected chi connectivity index (χ3v) is 7.57. The van der Waals surface area contributed by atoms with Crippen LogP contribution >= 0.6 is 0 Å². The third kappa shape index (κ3) is 4.94. The van der Waals surface area contributed by atoms with Gasteiger partial charge in [-0.25, -0.2) is 9.97 Å². The zero-order chi connectivity index (χ0) is 25.4. The number of nitrogens with one attached hydrogen (secondary N) is 2. The Labute approximate surface area is 214 Å². The number of aryl methyl sites for hydroxylation is 3. The molecule has 7 nitrogen and oxygen atoms in total. The molecular weight excluding hydrogens is 446 g/mol. The van der Waals surface area contributed by atoms with Crippen molar-refractivity contribution in [1.82, 2.24) is 19.8 Å². The van der Waals surface area contributed by atoms with Crippen molar-refractivity contribution >= 4 is 23.0 Å². The minimum atomic E-state index is 0.416. The van der Waals surface area contributed by atoms with E-state index in [2.05, 4.69) is 90.1 Å². The van der Waals surface area contributed by atoms with Crippen molar-refractivity contribution in [1.29, 1.82) is 0 Å². The lowest BCUT2D eigenvalue weighted by atomic mass is 9.94. The van der Waals surface area contributed by atoms with Gasteiger partial charge in [0.15, 0.2) is 0 Å². The molecule has 0 unspecified atom stereocenters. The van der Waals surface area contributed by atoms with E-state index in [4.69, 9.17) is 10.8 Å². The minimum Gasteiger partial charge on any atom is -0.369 e. The minimum absolute atomic E-state index is 0.416. The summed E-state index contributed by atoms with van der Waals surface area (Å²) in [6.45, 7) is 15.9. The summed E-state index contributed by atoms with van der Waals surface area (Å²) in [5.74, 6) is 6.24. The van der Waals surface area contributed by atoms with Gasteiger partial charge in [-0.05, 0) is 81.5 Å². The van der Waals surface area contributed by atoms with E-state index in [1.54, 1.807) is 0 Å². The van der Waals surface area contributed by atoms with Crippen LogP contribution in [0.15, 0.2) is 49.2 Å². The van der Waals surface area contributed by atoms with E-state index >= 15 is 0 Å². The zero-order valence-electron chi connectivity index (χ0n) is 21.8. The van der Waals surface area contributed by atoms with Crippen LogP contribution in [0, 0.1) is 20.8 Å². The molecule has 1 saturated heterocycles. The monoisotopic (exact) mass is 483 g/mol. The van der Waals surface area contributed by atoms with Crippen molar-refractivity contribution in [3.63, 3.8) is 0 Å². The van der Waals surface area contributed by atoms with Crippen LogP contribution in [-0.2, 0) is 13.1 Å². The van der Waals surface area contributed by atoms with Gasteiger partial charge < -0.3 is 15.6 Å². The fourth-order valence-corrected chi connectivity index (χ4v) is 5.78. The van der Waals surface area contributed by atoms with E-state index in [1.165, 1.54) is 27.8 Å². The summed E-state index contributed by atoms with van der Waals surface area (Å²) >= 11 is 0. The van der Waals surface area contributed by atoms with E-state index in [1.807, 2.05) is 12.3 Å². The first-order valence-corrected chi connectivity index (χ1v) is 12.8. The molecule has 0 aliphatic carbocycles. The van der Waals surface area contributed by atoms with E-state index < -0.39 is 0 Å². The number of likely N-dealkylation sites (tertiary alicyclic amines) is 1. The molecule has 2 atom stereocenters. The maximum Gasteiger partial charge on any atom is 0.227 e. The number of rotatable bonds is 6. The normalized spacial score (nSPS) is 19.8. The molecule has 0 saturated carbocycles. The molecule has 188 valence electrons. The molecule has 4 N–H and O–H groups in total. The van der Waals surface area contributed by atoms with Gasteiger partial charge in [-0.3, -0.25) is 10.7 Å². The number of hydrogen-bond acceptors (Lipinski definition) is 7. The summed E-state index contributed by atoms with van der Waals surface area (Å²) in [5, 5.41) is 3.39. The smallest absolute Gasteiger partial charge is 0.227 e. The van der Waals surface area contributed by atoms with Gasteiger partial charge in [-0.15, -0.1) is 0 Å². The highest BCUT2D eigenvalue weighted by Crippen LogP contribution is 2.34. The molecule has 2 aliphatic heterocycles. The Bertz CT molecular complexity index is 1260. The van der Waals surface area contributed by atoms with Crippen LogP contribution in [0.3, 0.4) is 0 Å². The third-order valence-electron chi connectivity index (χ3n) is 7.57. The largest absolute Gasteiger partial charge is 0.369 e. The molecule has 1 aromatic heterocycles. The van der Waals surface area contributed by atoms with E-state index in [9.17, 15) is 0 Å². The lowest BCUT2D eigenvalue weighted by Gasteiger charge is -2.43. The Morgan fingerprint density at radius 1 is 1.06 bits per heavy atom. The second-order valence-corrected chi connectivity index (χ2v) is 10.4. The van der Waals surface area contributed by atoms with Gasteiger partial charge in [-0.1, -0.05) is 18.7 Å². The number of nitrogens with zero attached hydrogens (tertiary/aromatic N) is 4. The van der Waals surface area contributed by atoms with E-state index in [-0.39, 0.29) is 0 Å². The number of anilines is 3. The van der Waals surface area contributed by atoms with E-state index in [0.29, 0.717) is 18.0 Å². The summed E-state index contributed by atoms with van der Waals surface area (Å²) in [5.41, 5.74) is 13.0. The van der Waals surface area contributed by atoms with Crippen LogP contribution in [0.4, 0.5) is 17.3 Å². The van der Waals surface area contributed by atoms with E-state index in [0.717, 1.165) is 55.2 Å². The summed E-state index contributed by atoms with van der Waals surface area (Å²) in [4.78, 5) is 14.5. The number of fused-ring (bicyclic) bond motifs is 1. The lowest BCUT2D eigenvalue weighted by Crippen LogP contribution is -2.46. The highest BCUT2D eigenvalue weighted by molar-refractivity contribution is 5.67. The van der Waals surface area contributed by atoms with Crippen LogP contribution in [0.2, 0.25) is 0 Å². The van der Waals surface area contributed by atoms with Crippen molar-refractivity contribution in [3.05, 3.63) is 82.7 Å². The number of nitrogens with two attached hydrogens (primary N) is 1. The maximum atomic E-state index is 5.57. The molecule has 2 aromatic carbocycles. The summed E-state index contributed by atoms with van der Waals surface area (Å²) in [6, 6.07) is 13.6. The Morgan fingerprint density at radius 3 is 2.53 bits per heavy atom. The molecule has 3 heterocycles. The molecule has 36 heavy (non-hydrogen) atoms. The molecule has 0 radical (unpaired) electrons. The van der Waals surface area contributed by atoms with Crippen LogP contribution in [0.1, 0.15) is 53.3 Å².